The van der Waals surface area contributed by atoms with Crippen LogP contribution in [0.25, 0.3) is 0 Å². The van der Waals surface area contributed by atoms with E-state index in [9.17, 15) is 14.4 Å². The molecule has 0 spiro atoms. The number of hydrogen-bond donors (Lipinski definition) is 0. The highest BCUT2D eigenvalue weighted by Crippen LogP contribution is 2.11. The van der Waals surface area contributed by atoms with Gasteiger partial charge in [-0.05, 0) is 23.6 Å². The Kier molecular flexibility index (Phi) is 3.15. The van der Waals surface area contributed by atoms with Gasteiger partial charge in [0.05, 0.1) is 6.26 Å². The summed E-state index contributed by atoms with van der Waals surface area (Å²) in [5, 5.41) is 1.66. The van der Waals surface area contributed by atoms with Crippen LogP contribution in [-0.2, 0) is 9.53 Å². The maximum absolute atomic E-state index is 11.4. The molecule has 0 fully saturated rings. The van der Waals surface area contributed by atoms with Crippen LogP contribution in [0.5, 0.6) is 0 Å². The third kappa shape index (κ3) is 2.48. The third-order valence-corrected chi connectivity index (χ3v) is 2.69. The SMILES string of the molecule is O=C(OC(=O)c1cccs1)C(=O)c1ccco1. The van der Waals surface area contributed by atoms with E-state index in [1.807, 2.05) is 0 Å². The summed E-state index contributed by atoms with van der Waals surface area (Å²) in [5.41, 5.74) is 0. The largest absolute Gasteiger partial charge is 0.461 e. The summed E-state index contributed by atoms with van der Waals surface area (Å²) in [4.78, 5) is 34.3. The molecule has 0 amide bonds. The number of ketones is 1. The van der Waals surface area contributed by atoms with Crippen molar-refractivity contribution < 1.29 is 23.5 Å². The highest BCUT2D eigenvalue weighted by Gasteiger charge is 2.24. The Morgan fingerprint density at radius 2 is 2.00 bits per heavy atom. The molecule has 5 nitrogen and oxygen atoms in total. The van der Waals surface area contributed by atoms with Crippen LogP contribution in [0.2, 0.25) is 0 Å². The molecule has 0 atom stereocenters. The van der Waals surface area contributed by atoms with Gasteiger partial charge >= 0.3 is 17.7 Å². The van der Waals surface area contributed by atoms with Gasteiger partial charge in [-0.1, -0.05) is 6.07 Å². The highest BCUT2D eigenvalue weighted by atomic mass is 32.1. The zero-order valence-corrected chi connectivity index (χ0v) is 9.23. The molecule has 86 valence electrons. The average Bonchev–Trinajstić information content (AvgIpc) is 3.00. The summed E-state index contributed by atoms with van der Waals surface area (Å²) in [6, 6.07) is 5.92. The molecule has 0 aromatic carbocycles. The van der Waals surface area contributed by atoms with Gasteiger partial charge in [0, 0.05) is 0 Å². The number of furan rings is 1. The van der Waals surface area contributed by atoms with E-state index in [0.717, 1.165) is 11.3 Å². The minimum absolute atomic E-state index is 0.158. The van der Waals surface area contributed by atoms with Crippen LogP contribution in [0.3, 0.4) is 0 Å². The molecule has 0 aliphatic rings. The summed E-state index contributed by atoms with van der Waals surface area (Å²) in [6.45, 7) is 0. The van der Waals surface area contributed by atoms with Gasteiger partial charge in [0.1, 0.15) is 4.88 Å². The molecule has 0 bridgehead atoms. The zero-order valence-electron chi connectivity index (χ0n) is 8.41. The fraction of sp³-hybridized carbons (Fsp3) is 0. The predicted octanol–water partition coefficient (Wildman–Crippen LogP) is 1.91. The van der Waals surface area contributed by atoms with Crippen molar-refractivity contribution in [1.29, 1.82) is 0 Å². The molecule has 0 N–H and O–H groups in total. The predicted molar refractivity (Wildman–Crippen MR) is 57.8 cm³/mol. The third-order valence-electron chi connectivity index (χ3n) is 1.84. The normalized spacial score (nSPS) is 9.88. The van der Waals surface area contributed by atoms with Crippen molar-refractivity contribution in [2.75, 3.05) is 0 Å². The Labute approximate surface area is 99.6 Å². The molecular weight excluding hydrogens is 244 g/mol. The summed E-state index contributed by atoms with van der Waals surface area (Å²) < 4.78 is 9.13. The van der Waals surface area contributed by atoms with Crippen molar-refractivity contribution in [2.45, 2.75) is 0 Å². The minimum Gasteiger partial charge on any atom is -0.461 e. The van der Waals surface area contributed by atoms with E-state index < -0.39 is 17.7 Å². The first-order chi connectivity index (χ1) is 8.18. The van der Waals surface area contributed by atoms with Crippen LogP contribution in [0, 0.1) is 0 Å². The van der Waals surface area contributed by atoms with Gasteiger partial charge in [-0.15, -0.1) is 11.3 Å². The Hall–Kier alpha value is -2.21. The molecule has 0 saturated heterocycles. The van der Waals surface area contributed by atoms with Crippen LogP contribution in [-0.4, -0.2) is 17.7 Å². The lowest BCUT2D eigenvalue weighted by Gasteiger charge is -1.98. The molecule has 0 aliphatic carbocycles. The first-order valence-corrected chi connectivity index (χ1v) is 5.44. The lowest BCUT2D eigenvalue weighted by Crippen LogP contribution is -2.20. The van der Waals surface area contributed by atoms with Gasteiger partial charge in [0.25, 0.3) is 0 Å². The van der Waals surface area contributed by atoms with E-state index in [4.69, 9.17) is 4.42 Å². The molecule has 0 radical (unpaired) electrons. The smallest absolute Gasteiger partial charge is 0.390 e. The van der Waals surface area contributed by atoms with Crippen molar-refractivity contribution in [3.05, 3.63) is 46.5 Å². The van der Waals surface area contributed by atoms with Crippen molar-refractivity contribution >= 4 is 29.1 Å². The first kappa shape index (κ1) is 11.3. The Bertz CT molecular complexity index is 538. The van der Waals surface area contributed by atoms with E-state index in [1.165, 1.54) is 24.5 Å². The van der Waals surface area contributed by atoms with E-state index in [0.29, 0.717) is 0 Å². The van der Waals surface area contributed by atoms with E-state index in [2.05, 4.69) is 4.74 Å². The number of ether oxygens (including phenoxy) is 1. The number of esters is 2. The van der Waals surface area contributed by atoms with Crippen molar-refractivity contribution in [3.8, 4) is 0 Å². The summed E-state index contributed by atoms with van der Waals surface area (Å²) in [7, 11) is 0. The quantitative estimate of drug-likeness (QED) is 0.360. The minimum atomic E-state index is -1.25. The number of hydrogen-bond acceptors (Lipinski definition) is 6. The van der Waals surface area contributed by atoms with Crippen molar-refractivity contribution in [1.82, 2.24) is 0 Å². The van der Waals surface area contributed by atoms with E-state index in [1.54, 1.807) is 11.4 Å². The maximum Gasteiger partial charge on any atom is 0.390 e. The summed E-state index contributed by atoms with van der Waals surface area (Å²) in [6.07, 6.45) is 1.25. The topological polar surface area (TPSA) is 73.6 Å². The second kappa shape index (κ2) is 4.75. The molecule has 2 heterocycles. The lowest BCUT2D eigenvalue weighted by molar-refractivity contribution is -0.132. The van der Waals surface area contributed by atoms with Crippen LogP contribution >= 0.6 is 11.3 Å². The highest BCUT2D eigenvalue weighted by molar-refractivity contribution is 7.12. The van der Waals surface area contributed by atoms with Gasteiger partial charge in [0.2, 0.25) is 0 Å². The Morgan fingerprint density at radius 1 is 1.18 bits per heavy atom. The van der Waals surface area contributed by atoms with E-state index >= 15 is 0 Å². The summed E-state index contributed by atoms with van der Waals surface area (Å²) in [5.74, 6) is -3.24. The molecule has 6 heteroatoms. The van der Waals surface area contributed by atoms with Crippen molar-refractivity contribution in [3.63, 3.8) is 0 Å². The van der Waals surface area contributed by atoms with Gasteiger partial charge in [-0.3, -0.25) is 4.79 Å². The standard InChI is InChI=1S/C11H6O5S/c12-9(7-3-1-5-15-7)11(14)16-10(13)8-4-2-6-17-8/h1-6H. The van der Waals surface area contributed by atoms with Crippen LogP contribution in [0.4, 0.5) is 0 Å². The number of Topliss-reactive ketones (excluding diaryl/α,β-unsaturated/α-hetero) is 1. The molecule has 0 aliphatic heterocycles. The molecular formula is C11H6O5S. The van der Waals surface area contributed by atoms with Crippen LogP contribution in [0.1, 0.15) is 20.2 Å². The fourth-order valence-electron chi connectivity index (χ4n) is 1.08. The fourth-order valence-corrected chi connectivity index (χ4v) is 1.68. The number of carbonyl (C=O) groups is 3. The summed E-state index contributed by atoms with van der Waals surface area (Å²) >= 11 is 1.12. The molecule has 0 unspecified atom stereocenters. The van der Waals surface area contributed by atoms with Gasteiger partial charge in [-0.25, -0.2) is 9.59 Å². The second-order valence-electron chi connectivity index (χ2n) is 2.96. The Balaban J connectivity index is 2.03. The molecule has 2 rings (SSSR count). The van der Waals surface area contributed by atoms with Gasteiger partial charge in [-0.2, -0.15) is 0 Å². The average molecular weight is 250 g/mol. The molecule has 2 aromatic heterocycles. The molecule has 17 heavy (non-hydrogen) atoms. The van der Waals surface area contributed by atoms with E-state index in [-0.39, 0.29) is 10.6 Å². The van der Waals surface area contributed by atoms with Crippen molar-refractivity contribution in [2.24, 2.45) is 0 Å². The van der Waals surface area contributed by atoms with Gasteiger partial charge < -0.3 is 9.15 Å². The number of carbonyl (C=O) groups excluding carboxylic acids is 3. The van der Waals surface area contributed by atoms with Crippen LogP contribution in [0.15, 0.2) is 40.3 Å². The lowest BCUT2D eigenvalue weighted by atomic mass is 10.3. The second-order valence-corrected chi connectivity index (χ2v) is 3.91. The van der Waals surface area contributed by atoms with Gasteiger partial charge in [0.15, 0.2) is 5.76 Å². The maximum atomic E-state index is 11.4. The number of rotatable bonds is 3. The molecule has 0 saturated carbocycles. The number of thiophene rings is 1. The molecule has 2 aromatic rings. The monoisotopic (exact) mass is 250 g/mol. The zero-order chi connectivity index (χ0) is 12.3. The van der Waals surface area contributed by atoms with Crippen LogP contribution < -0.4 is 0 Å². The Morgan fingerprint density at radius 3 is 2.59 bits per heavy atom. The first-order valence-electron chi connectivity index (χ1n) is 4.56.